The van der Waals surface area contributed by atoms with E-state index in [2.05, 4.69) is 9.97 Å². The second-order valence-electron chi connectivity index (χ2n) is 4.36. The monoisotopic (exact) mass is 248 g/mol. The van der Waals surface area contributed by atoms with Crippen molar-refractivity contribution in [1.29, 1.82) is 0 Å². The van der Waals surface area contributed by atoms with Gasteiger partial charge in [-0.05, 0) is 30.7 Å². The third kappa shape index (κ3) is 2.14. The summed E-state index contributed by atoms with van der Waals surface area (Å²) < 4.78 is 5.22. The SMILES string of the molecule is COc1ccc2nc(C3CCCCS3)[nH]c2c1. The number of nitrogens with one attached hydrogen (secondary N) is 1. The van der Waals surface area contributed by atoms with Crippen molar-refractivity contribution in [2.75, 3.05) is 12.9 Å². The van der Waals surface area contributed by atoms with Gasteiger partial charge in [-0.15, -0.1) is 0 Å². The van der Waals surface area contributed by atoms with Crippen molar-refractivity contribution in [1.82, 2.24) is 9.97 Å². The van der Waals surface area contributed by atoms with Crippen LogP contribution in [0.15, 0.2) is 18.2 Å². The molecule has 1 saturated heterocycles. The Bertz CT molecular complexity index is 517. The lowest BCUT2D eigenvalue weighted by molar-refractivity contribution is 0.415. The van der Waals surface area contributed by atoms with Crippen LogP contribution < -0.4 is 4.74 Å². The number of nitrogens with zero attached hydrogens (tertiary/aromatic N) is 1. The number of fused-ring (bicyclic) bond motifs is 1. The molecule has 1 aromatic carbocycles. The molecule has 1 aliphatic heterocycles. The Morgan fingerprint density at radius 1 is 1.41 bits per heavy atom. The molecule has 4 heteroatoms. The molecule has 0 saturated carbocycles. The number of thioether (sulfide) groups is 1. The predicted molar refractivity (Wildman–Crippen MR) is 71.7 cm³/mol. The molecule has 0 aliphatic carbocycles. The number of hydrogen-bond acceptors (Lipinski definition) is 3. The van der Waals surface area contributed by atoms with Gasteiger partial charge in [-0.1, -0.05) is 6.42 Å². The standard InChI is InChI=1S/C13H16N2OS/c1-16-9-5-6-10-11(8-9)15-13(14-10)12-4-2-3-7-17-12/h5-6,8,12H,2-4,7H2,1H3,(H,14,15). The average Bonchev–Trinajstić information content (AvgIpc) is 2.82. The number of aromatic amines is 1. The quantitative estimate of drug-likeness (QED) is 0.883. The molecule has 1 aliphatic rings. The molecule has 2 heterocycles. The fraction of sp³-hybridized carbons (Fsp3) is 0.462. The van der Waals surface area contributed by atoms with Crippen LogP contribution in [0.3, 0.4) is 0 Å². The maximum absolute atomic E-state index is 5.22. The van der Waals surface area contributed by atoms with E-state index in [-0.39, 0.29) is 0 Å². The zero-order chi connectivity index (χ0) is 11.7. The van der Waals surface area contributed by atoms with Gasteiger partial charge in [0.25, 0.3) is 0 Å². The van der Waals surface area contributed by atoms with Crippen LogP contribution in [0.5, 0.6) is 5.75 Å². The first-order valence-corrected chi connectivity index (χ1v) is 7.07. The van der Waals surface area contributed by atoms with Gasteiger partial charge in [-0.3, -0.25) is 0 Å². The molecular formula is C13H16N2OS. The van der Waals surface area contributed by atoms with Gasteiger partial charge in [0.15, 0.2) is 0 Å². The van der Waals surface area contributed by atoms with Gasteiger partial charge < -0.3 is 9.72 Å². The van der Waals surface area contributed by atoms with Gasteiger partial charge in [0, 0.05) is 6.07 Å². The van der Waals surface area contributed by atoms with Gasteiger partial charge in [-0.2, -0.15) is 11.8 Å². The van der Waals surface area contributed by atoms with Crippen LogP contribution in [0.2, 0.25) is 0 Å². The first kappa shape index (κ1) is 11.0. The molecule has 1 unspecified atom stereocenters. The molecule has 2 aromatic rings. The van der Waals surface area contributed by atoms with E-state index < -0.39 is 0 Å². The highest BCUT2D eigenvalue weighted by molar-refractivity contribution is 7.99. The summed E-state index contributed by atoms with van der Waals surface area (Å²) in [7, 11) is 1.69. The molecule has 1 N–H and O–H groups in total. The molecule has 17 heavy (non-hydrogen) atoms. The number of methoxy groups -OCH3 is 1. The first-order valence-electron chi connectivity index (χ1n) is 6.02. The van der Waals surface area contributed by atoms with Gasteiger partial charge in [0.05, 0.1) is 23.4 Å². The maximum atomic E-state index is 5.22. The third-order valence-electron chi connectivity index (χ3n) is 3.19. The Hall–Kier alpha value is -1.16. The minimum absolute atomic E-state index is 0.544. The summed E-state index contributed by atoms with van der Waals surface area (Å²) in [6, 6.07) is 5.99. The van der Waals surface area contributed by atoms with Gasteiger partial charge in [0.2, 0.25) is 0 Å². The van der Waals surface area contributed by atoms with E-state index >= 15 is 0 Å². The summed E-state index contributed by atoms with van der Waals surface area (Å²) in [6.07, 6.45) is 3.90. The highest BCUT2D eigenvalue weighted by Crippen LogP contribution is 2.37. The van der Waals surface area contributed by atoms with E-state index in [1.165, 1.54) is 25.0 Å². The Morgan fingerprint density at radius 3 is 3.12 bits per heavy atom. The Morgan fingerprint density at radius 2 is 2.35 bits per heavy atom. The summed E-state index contributed by atoms with van der Waals surface area (Å²) in [5.41, 5.74) is 2.11. The van der Waals surface area contributed by atoms with E-state index in [4.69, 9.17) is 4.74 Å². The zero-order valence-corrected chi connectivity index (χ0v) is 10.7. The van der Waals surface area contributed by atoms with Crippen molar-refractivity contribution in [3.05, 3.63) is 24.0 Å². The number of ether oxygens (including phenoxy) is 1. The topological polar surface area (TPSA) is 37.9 Å². The Kier molecular flexibility index (Phi) is 2.97. The molecule has 0 amide bonds. The van der Waals surface area contributed by atoms with Crippen LogP contribution in [-0.4, -0.2) is 22.8 Å². The molecule has 1 atom stereocenters. The second kappa shape index (κ2) is 4.61. The molecule has 0 spiro atoms. The molecule has 1 aromatic heterocycles. The van der Waals surface area contributed by atoms with Crippen molar-refractivity contribution in [3.8, 4) is 5.75 Å². The lowest BCUT2D eigenvalue weighted by Gasteiger charge is -2.18. The van der Waals surface area contributed by atoms with Crippen LogP contribution >= 0.6 is 11.8 Å². The van der Waals surface area contributed by atoms with E-state index in [0.717, 1.165) is 22.6 Å². The van der Waals surface area contributed by atoms with Gasteiger partial charge in [0.1, 0.15) is 11.6 Å². The average molecular weight is 248 g/mol. The minimum atomic E-state index is 0.544. The number of H-pyrrole nitrogens is 1. The summed E-state index contributed by atoms with van der Waals surface area (Å²) >= 11 is 2.02. The fourth-order valence-electron chi connectivity index (χ4n) is 2.24. The number of imidazole rings is 1. The Balaban J connectivity index is 1.95. The van der Waals surface area contributed by atoms with E-state index in [9.17, 15) is 0 Å². The number of benzene rings is 1. The predicted octanol–water partition coefficient (Wildman–Crippen LogP) is 3.53. The van der Waals surface area contributed by atoms with Crippen LogP contribution in [0.4, 0.5) is 0 Å². The maximum Gasteiger partial charge on any atom is 0.121 e. The molecule has 3 rings (SSSR count). The summed E-state index contributed by atoms with van der Waals surface area (Å²) in [4.78, 5) is 8.11. The number of hydrogen-bond donors (Lipinski definition) is 1. The summed E-state index contributed by atoms with van der Waals surface area (Å²) in [5, 5.41) is 0.544. The van der Waals surface area contributed by atoms with Gasteiger partial charge >= 0.3 is 0 Å². The number of rotatable bonds is 2. The van der Waals surface area contributed by atoms with Crippen LogP contribution in [0, 0.1) is 0 Å². The normalized spacial score (nSPS) is 20.6. The van der Waals surface area contributed by atoms with E-state index in [1.807, 2.05) is 30.0 Å². The summed E-state index contributed by atoms with van der Waals surface area (Å²) in [6.45, 7) is 0. The van der Waals surface area contributed by atoms with E-state index in [0.29, 0.717) is 5.25 Å². The fourth-order valence-corrected chi connectivity index (χ4v) is 3.50. The largest absolute Gasteiger partial charge is 0.497 e. The zero-order valence-electron chi connectivity index (χ0n) is 9.90. The smallest absolute Gasteiger partial charge is 0.121 e. The van der Waals surface area contributed by atoms with Gasteiger partial charge in [-0.25, -0.2) is 4.98 Å². The lowest BCUT2D eigenvalue weighted by Crippen LogP contribution is -2.03. The van der Waals surface area contributed by atoms with Crippen molar-refractivity contribution < 1.29 is 4.74 Å². The molecule has 0 bridgehead atoms. The minimum Gasteiger partial charge on any atom is -0.497 e. The molecule has 90 valence electrons. The van der Waals surface area contributed by atoms with Crippen molar-refractivity contribution in [2.24, 2.45) is 0 Å². The first-order chi connectivity index (χ1) is 8.36. The molecule has 3 nitrogen and oxygen atoms in total. The lowest BCUT2D eigenvalue weighted by atomic mass is 10.2. The third-order valence-corrected chi connectivity index (χ3v) is 4.58. The van der Waals surface area contributed by atoms with Crippen molar-refractivity contribution in [2.45, 2.75) is 24.5 Å². The number of aromatic nitrogens is 2. The van der Waals surface area contributed by atoms with Crippen molar-refractivity contribution in [3.63, 3.8) is 0 Å². The second-order valence-corrected chi connectivity index (χ2v) is 5.67. The molecule has 1 fully saturated rings. The molecular weight excluding hydrogens is 232 g/mol. The highest BCUT2D eigenvalue weighted by Gasteiger charge is 2.19. The molecule has 0 radical (unpaired) electrons. The van der Waals surface area contributed by atoms with Crippen molar-refractivity contribution >= 4 is 22.8 Å². The Labute approximate surface area is 105 Å². The highest BCUT2D eigenvalue weighted by atomic mass is 32.2. The van der Waals surface area contributed by atoms with Crippen LogP contribution in [0.1, 0.15) is 30.3 Å². The van der Waals surface area contributed by atoms with Crippen LogP contribution in [0.25, 0.3) is 11.0 Å². The summed E-state index contributed by atoms with van der Waals surface area (Å²) in [5.74, 6) is 3.26. The van der Waals surface area contributed by atoms with E-state index in [1.54, 1.807) is 7.11 Å². The van der Waals surface area contributed by atoms with Crippen LogP contribution in [-0.2, 0) is 0 Å².